The summed E-state index contributed by atoms with van der Waals surface area (Å²) in [4.78, 5) is 14.7. The molecule has 0 aliphatic heterocycles. The molecule has 1 saturated carbocycles. The zero-order valence-corrected chi connectivity index (χ0v) is 26.7. The molecule has 10 rings (SSSR count). The fourth-order valence-corrected chi connectivity index (χ4v) is 7.67. The van der Waals surface area contributed by atoms with E-state index >= 15 is 0 Å². The second kappa shape index (κ2) is 11.1. The Morgan fingerprint density at radius 3 is 1.82 bits per heavy atom. The van der Waals surface area contributed by atoms with Crippen LogP contribution in [0, 0.1) is 0 Å². The number of hydrogen-bond donors (Lipinski definition) is 0. The quantitative estimate of drug-likeness (QED) is 0.193. The van der Waals surface area contributed by atoms with Crippen molar-refractivity contribution in [3.8, 4) is 56.4 Å². The molecule has 0 unspecified atom stereocenters. The molecule has 2 heterocycles. The van der Waals surface area contributed by atoms with Gasteiger partial charge in [-0.1, -0.05) is 135 Å². The van der Waals surface area contributed by atoms with Gasteiger partial charge in [0, 0.05) is 38.4 Å². The number of hydrogen-bond acceptors (Lipinski definition) is 4. The van der Waals surface area contributed by atoms with Crippen LogP contribution in [0.1, 0.15) is 48.6 Å². The molecule has 0 bridgehead atoms. The second-order valence-corrected chi connectivity index (χ2v) is 12.8. The van der Waals surface area contributed by atoms with Crippen molar-refractivity contribution in [2.45, 2.75) is 37.4 Å². The normalized spacial score (nSPS) is 18.0. The molecule has 1 fully saturated rings. The first kappa shape index (κ1) is 24.3. The van der Waals surface area contributed by atoms with Crippen LogP contribution in [-0.2, 0) is 5.41 Å². The van der Waals surface area contributed by atoms with Crippen LogP contribution in [0.25, 0.3) is 78.4 Å². The van der Waals surface area contributed by atoms with Gasteiger partial charge in [0.15, 0.2) is 17.5 Å². The van der Waals surface area contributed by atoms with Gasteiger partial charge in [-0.25, -0.2) is 15.0 Å². The first-order valence-corrected chi connectivity index (χ1v) is 16.8. The third kappa shape index (κ3) is 4.48. The van der Waals surface area contributed by atoms with Crippen molar-refractivity contribution in [1.82, 2.24) is 15.0 Å². The van der Waals surface area contributed by atoms with Gasteiger partial charge in [0.05, 0.1) is 0 Å². The van der Waals surface area contributed by atoms with Crippen molar-refractivity contribution < 1.29 is 9.90 Å². The van der Waals surface area contributed by atoms with E-state index in [4.69, 9.17) is 19.4 Å². The fraction of sp³-hybridized carbons (Fsp3) is 0.133. The number of benzene rings is 6. The molecule has 4 heteroatoms. The van der Waals surface area contributed by atoms with E-state index in [2.05, 4.69) is 18.2 Å². The van der Waals surface area contributed by atoms with Crippen LogP contribution in [0.3, 0.4) is 0 Å². The molecular formula is C45H33N3O. The lowest BCUT2D eigenvalue weighted by molar-refractivity contribution is 0.353. The van der Waals surface area contributed by atoms with Gasteiger partial charge < -0.3 is 4.42 Å². The molecule has 8 aromatic rings. The Morgan fingerprint density at radius 2 is 1.08 bits per heavy atom. The van der Waals surface area contributed by atoms with Crippen molar-refractivity contribution in [2.24, 2.45) is 0 Å². The average Bonchev–Trinajstić information content (AvgIpc) is 3.71. The maximum atomic E-state index is 9.39. The second-order valence-electron chi connectivity index (χ2n) is 12.8. The molecule has 0 atom stereocenters. The standard InChI is InChI=1S/C45H33N3O/c1-4-13-29(14-5-1)42-46-43(30-15-6-2-7-16-30)48-44(47-42)32-22-24-36-40(28-32)49-39-20-12-18-33(41(36)39)31-21-23-35-34-17-8-9-19-37(34)45(38(35)27-31)25-10-3-11-26-45/h1-2,4-9,12-24,27-28H,3,10-11,25-26H2/i25D2,26D2. The maximum Gasteiger partial charge on any atom is 0.164 e. The summed E-state index contributed by atoms with van der Waals surface area (Å²) >= 11 is 0. The smallest absolute Gasteiger partial charge is 0.164 e. The highest BCUT2D eigenvalue weighted by molar-refractivity contribution is 6.13. The number of furan rings is 1. The number of rotatable bonds is 4. The zero-order valence-electron chi connectivity index (χ0n) is 30.7. The molecule has 0 N–H and O–H groups in total. The highest BCUT2D eigenvalue weighted by atomic mass is 16.3. The number of aromatic nitrogens is 3. The summed E-state index contributed by atoms with van der Waals surface area (Å²) in [5, 5.41) is 1.88. The Bertz CT molecular complexity index is 2650. The monoisotopic (exact) mass is 635 g/mol. The lowest BCUT2D eigenvalue weighted by atomic mass is 9.67. The van der Waals surface area contributed by atoms with E-state index in [0.29, 0.717) is 42.3 Å². The number of nitrogens with zero attached hydrogens (tertiary/aromatic N) is 3. The fourth-order valence-electron chi connectivity index (χ4n) is 7.67. The Balaban J connectivity index is 1.13. The van der Waals surface area contributed by atoms with Crippen molar-refractivity contribution >= 4 is 21.9 Å². The highest BCUT2D eigenvalue weighted by Gasteiger charge is 2.43. The minimum absolute atomic E-state index is 0.301. The molecule has 0 radical (unpaired) electrons. The van der Waals surface area contributed by atoms with Gasteiger partial charge in [-0.2, -0.15) is 0 Å². The van der Waals surface area contributed by atoms with Crippen LogP contribution in [0.2, 0.25) is 0 Å². The molecule has 1 spiro atoms. The van der Waals surface area contributed by atoms with Gasteiger partial charge in [0.25, 0.3) is 0 Å². The molecule has 49 heavy (non-hydrogen) atoms. The molecular weight excluding hydrogens is 599 g/mol. The maximum absolute atomic E-state index is 9.39. The van der Waals surface area contributed by atoms with Gasteiger partial charge in [-0.15, -0.1) is 0 Å². The SMILES string of the molecule is [2H]C1([2H])CCCC([2H])([2H])C12c1ccccc1-c1ccc(-c3cccc4oc5cc(-c6nc(-c7ccccc7)nc(-c7ccccc7)n6)ccc5c34)cc12. The molecule has 2 aromatic heterocycles. The van der Waals surface area contributed by atoms with Crippen LogP contribution >= 0.6 is 0 Å². The lowest BCUT2D eigenvalue weighted by Crippen LogP contribution is -2.28. The molecule has 2 aliphatic rings. The third-order valence-electron chi connectivity index (χ3n) is 9.94. The van der Waals surface area contributed by atoms with Crippen molar-refractivity contribution in [2.75, 3.05) is 0 Å². The summed E-state index contributed by atoms with van der Waals surface area (Å²) in [6, 6.07) is 45.8. The van der Waals surface area contributed by atoms with Gasteiger partial charge in [-0.05, 0) is 70.4 Å². The lowest BCUT2D eigenvalue weighted by Gasteiger charge is -2.36. The Labute approximate surface area is 290 Å². The van der Waals surface area contributed by atoms with Gasteiger partial charge >= 0.3 is 0 Å². The van der Waals surface area contributed by atoms with E-state index in [0.717, 1.165) is 66.4 Å². The van der Waals surface area contributed by atoms with E-state index in [-0.39, 0.29) is 0 Å². The van der Waals surface area contributed by atoms with E-state index in [1.54, 1.807) is 0 Å². The van der Waals surface area contributed by atoms with Crippen molar-refractivity contribution in [1.29, 1.82) is 0 Å². The molecule has 0 saturated heterocycles. The average molecular weight is 636 g/mol. The summed E-state index contributed by atoms with van der Waals surface area (Å²) in [6.07, 6.45) is -2.46. The van der Waals surface area contributed by atoms with Gasteiger partial charge in [-0.3, -0.25) is 0 Å². The highest BCUT2D eigenvalue weighted by Crippen LogP contribution is 2.56. The summed E-state index contributed by atoms with van der Waals surface area (Å²) in [5.74, 6) is 1.72. The van der Waals surface area contributed by atoms with Crippen LogP contribution in [0.15, 0.2) is 144 Å². The third-order valence-corrected chi connectivity index (χ3v) is 9.94. The first-order chi connectivity index (χ1) is 25.7. The summed E-state index contributed by atoms with van der Waals surface area (Å²) < 4.78 is 44.1. The van der Waals surface area contributed by atoms with Crippen LogP contribution in [-0.4, -0.2) is 15.0 Å². The summed E-state index contributed by atoms with van der Waals surface area (Å²) in [6.45, 7) is 0. The van der Waals surface area contributed by atoms with Crippen molar-refractivity contribution in [3.63, 3.8) is 0 Å². The van der Waals surface area contributed by atoms with E-state index in [9.17, 15) is 5.48 Å². The molecule has 0 amide bonds. The van der Waals surface area contributed by atoms with E-state index in [1.165, 1.54) is 0 Å². The molecule has 4 nitrogen and oxygen atoms in total. The van der Waals surface area contributed by atoms with E-state index in [1.807, 2.05) is 121 Å². The van der Waals surface area contributed by atoms with Crippen LogP contribution < -0.4 is 0 Å². The predicted octanol–water partition coefficient (Wildman–Crippen LogP) is 11.7. The zero-order chi connectivity index (χ0) is 36.0. The minimum atomic E-state index is -1.78. The topological polar surface area (TPSA) is 51.8 Å². The molecule has 234 valence electrons. The van der Waals surface area contributed by atoms with Crippen LogP contribution in [0.4, 0.5) is 0 Å². The first-order valence-electron chi connectivity index (χ1n) is 18.8. The number of fused-ring (bicyclic) bond motifs is 8. The minimum Gasteiger partial charge on any atom is -0.456 e. The largest absolute Gasteiger partial charge is 0.456 e. The summed E-state index contributed by atoms with van der Waals surface area (Å²) in [7, 11) is 0. The Kier molecular flexibility index (Phi) is 5.50. The van der Waals surface area contributed by atoms with Gasteiger partial charge in [0.2, 0.25) is 0 Å². The van der Waals surface area contributed by atoms with Crippen LogP contribution in [0.5, 0.6) is 0 Å². The van der Waals surface area contributed by atoms with E-state index < -0.39 is 18.2 Å². The molecule has 2 aliphatic carbocycles. The van der Waals surface area contributed by atoms with Gasteiger partial charge in [0.1, 0.15) is 11.2 Å². The Hall–Kier alpha value is -5.87. The van der Waals surface area contributed by atoms with Crippen molar-refractivity contribution in [3.05, 3.63) is 151 Å². The molecule has 6 aromatic carbocycles. The predicted molar refractivity (Wildman–Crippen MR) is 198 cm³/mol. The summed E-state index contributed by atoms with van der Waals surface area (Å²) in [5.41, 5.74) is 7.69. The Morgan fingerprint density at radius 1 is 0.469 bits per heavy atom.